The van der Waals surface area contributed by atoms with Crippen LogP contribution in [0.5, 0.6) is 0 Å². The average Bonchev–Trinajstić information content (AvgIpc) is 1.82. The van der Waals surface area contributed by atoms with Gasteiger partial charge in [-0.2, -0.15) is 0 Å². The van der Waals surface area contributed by atoms with Crippen LogP contribution >= 0.6 is 0 Å². The molecule has 2 atom stereocenters. The Balaban J connectivity index is 2.85. The van der Waals surface area contributed by atoms with Gasteiger partial charge in [0.15, 0.2) is 0 Å². The third-order valence-electron chi connectivity index (χ3n) is 1.94. The third-order valence-corrected chi connectivity index (χ3v) is 1.94. The number of hydrogen-bond donors (Lipinski definition) is 2. The van der Waals surface area contributed by atoms with Crippen LogP contribution in [0.4, 0.5) is 0 Å². The first-order chi connectivity index (χ1) is 4.61. The Morgan fingerprint density at radius 1 is 1.50 bits per heavy atom. The van der Waals surface area contributed by atoms with Gasteiger partial charge in [-0.25, -0.2) is 0 Å². The standard InChI is InChI=1S/C8H14N2/c1-5-3-7(9)4-6(2)8(5)10/h3-5,8H,9-10H2,1-2H3. The first kappa shape index (κ1) is 7.35. The molecule has 0 bridgehead atoms. The van der Waals surface area contributed by atoms with Crippen molar-refractivity contribution in [2.75, 3.05) is 0 Å². The van der Waals surface area contributed by atoms with Crippen molar-refractivity contribution in [1.82, 2.24) is 0 Å². The summed E-state index contributed by atoms with van der Waals surface area (Å²) in [7, 11) is 0. The van der Waals surface area contributed by atoms with Crippen molar-refractivity contribution in [3.05, 3.63) is 23.4 Å². The summed E-state index contributed by atoms with van der Waals surface area (Å²) in [6.07, 6.45) is 3.93. The number of hydrogen-bond acceptors (Lipinski definition) is 2. The highest BCUT2D eigenvalue weighted by Crippen LogP contribution is 2.18. The van der Waals surface area contributed by atoms with Gasteiger partial charge in [-0.1, -0.05) is 18.6 Å². The Kier molecular flexibility index (Phi) is 1.81. The zero-order valence-corrected chi connectivity index (χ0v) is 6.46. The van der Waals surface area contributed by atoms with Crippen LogP contribution in [0.15, 0.2) is 23.4 Å². The predicted molar refractivity (Wildman–Crippen MR) is 43.2 cm³/mol. The second-order valence-corrected chi connectivity index (χ2v) is 2.94. The lowest BCUT2D eigenvalue weighted by Crippen LogP contribution is -2.31. The molecule has 0 heterocycles. The van der Waals surface area contributed by atoms with Gasteiger partial charge < -0.3 is 11.5 Å². The molecule has 0 aromatic heterocycles. The smallest absolute Gasteiger partial charge is 0.0316 e. The molecule has 1 rings (SSSR count). The maximum Gasteiger partial charge on any atom is 0.0316 e. The van der Waals surface area contributed by atoms with E-state index in [4.69, 9.17) is 11.5 Å². The summed E-state index contributed by atoms with van der Waals surface area (Å²) in [5.74, 6) is 0.380. The van der Waals surface area contributed by atoms with E-state index in [9.17, 15) is 0 Å². The van der Waals surface area contributed by atoms with Crippen LogP contribution in [0.1, 0.15) is 13.8 Å². The van der Waals surface area contributed by atoms with E-state index in [0.29, 0.717) is 5.92 Å². The van der Waals surface area contributed by atoms with Crippen LogP contribution < -0.4 is 11.5 Å². The van der Waals surface area contributed by atoms with E-state index in [-0.39, 0.29) is 6.04 Å². The summed E-state index contributed by atoms with van der Waals surface area (Å²) >= 11 is 0. The van der Waals surface area contributed by atoms with Crippen molar-refractivity contribution < 1.29 is 0 Å². The van der Waals surface area contributed by atoms with Gasteiger partial charge in [0.05, 0.1) is 0 Å². The molecule has 0 saturated carbocycles. The highest BCUT2D eigenvalue weighted by Gasteiger charge is 2.15. The van der Waals surface area contributed by atoms with Crippen LogP contribution in [0.3, 0.4) is 0 Å². The molecule has 2 unspecified atom stereocenters. The highest BCUT2D eigenvalue weighted by molar-refractivity contribution is 5.29. The summed E-state index contributed by atoms with van der Waals surface area (Å²) in [5, 5.41) is 0. The van der Waals surface area contributed by atoms with Gasteiger partial charge >= 0.3 is 0 Å². The summed E-state index contributed by atoms with van der Waals surface area (Å²) in [6, 6.07) is 0.160. The minimum Gasteiger partial charge on any atom is -0.399 e. The lowest BCUT2D eigenvalue weighted by molar-refractivity contribution is 0.591. The molecule has 1 aliphatic carbocycles. The van der Waals surface area contributed by atoms with Gasteiger partial charge in [-0.15, -0.1) is 0 Å². The Morgan fingerprint density at radius 2 is 2.10 bits per heavy atom. The zero-order chi connectivity index (χ0) is 7.72. The van der Waals surface area contributed by atoms with Crippen molar-refractivity contribution in [1.29, 1.82) is 0 Å². The molecule has 0 saturated heterocycles. The van der Waals surface area contributed by atoms with Gasteiger partial charge in [0.2, 0.25) is 0 Å². The maximum absolute atomic E-state index is 5.82. The van der Waals surface area contributed by atoms with Crippen LogP contribution in [-0.4, -0.2) is 6.04 Å². The van der Waals surface area contributed by atoms with E-state index in [1.165, 1.54) is 5.57 Å². The minimum absolute atomic E-state index is 0.160. The Hall–Kier alpha value is -0.760. The van der Waals surface area contributed by atoms with E-state index in [1.54, 1.807) is 0 Å². The first-order valence-corrected chi connectivity index (χ1v) is 3.52. The number of allylic oxidation sites excluding steroid dienone is 1. The van der Waals surface area contributed by atoms with Crippen molar-refractivity contribution in [2.24, 2.45) is 17.4 Å². The molecule has 0 amide bonds. The predicted octanol–water partition coefficient (Wildman–Crippen LogP) is 0.752. The average molecular weight is 138 g/mol. The molecule has 0 spiro atoms. The molecule has 2 nitrogen and oxygen atoms in total. The summed E-state index contributed by atoms with van der Waals surface area (Å²) in [6.45, 7) is 4.09. The van der Waals surface area contributed by atoms with Crippen LogP contribution in [0, 0.1) is 5.92 Å². The van der Waals surface area contributed by atoms with Gasteiger partial charge in [0.1, 0.15) is 0 Å². The van der Waals surface area contributed by atoms with Crippen molar-refractivity contribution in [3.8, 4) is 0 Å². The third kappa shape index (κ3) is 1.21. The molecule has 56 valence electrons. The fourth-order valence-electron chi connectivity index (χ4n) is 1.23. The lowest BCUT2D eigenvalue weighted by atomic mass is 9.90. The normalized spacial score (nSPS) is 33.1. The molecule has 0 aromatic carbocycles. The van der Waals surface area contributed by atoms with Gasteiger partial charge in [0, 0.05) is 11.7 Å². The summed E-state index contributed by atoms with van der Waals surface area (Å²) in [4.78, 5) is 0. The van der Waals surface area contributed by atoms with Crippen LogP contribution in [0.25, 0.3) is 0 Å². The lowest BCUT2D eigenvalue weighted by Gasteiger charge is -2.22. The van der Waals surface area contributed by atoms with E-state index < -0.39 is 0 Å². The highest BCUT2D eigenvalue weighted by atomic mass is 14.7. The number of rotatable bonds is 0. The van der Waals surface area contributed by atoms with E-state index in [1.807, 2.05) is 19.1 Å². The molecule has 1 aliphatic rings. The number of nitrogens with two attached hydrogens (primary N) is 2. The van der Waals surface area contributed by atoms with Crippen molar-refractivity contribution >= 4 is 0 Å². The van der Waals surface area contributed by atoms with Crippen LogP contribution in [0.2, 0.25) is 0 Å². The molecule has 0 aliphatic heterocycles. The topological polar surface area (TPSA) is 52.0 Å². The largest absolute Gasteiger partial charge is 0.399 e. The van der Waals surface area contributed by atoms with Crippen molar-refractivity contribution in [3.63, 3.8) is 0 Å². The SMILES string of the molecule is CC1=CC(N)=CC(C)C1N. The van der Waals surface area contributed by atoms with Gasteiger partial charge in [-0.3, -0.25) is 0 Å². The first-order valence-electron chi connectivity index (χ1n) is 3.52. The van der Waals surface area contributed by atoms with E-state index >= 15 is 0 Å². The van der Waals surface area contributed by atoms with E-state index in [0.717, 1.165) is 5.70 Å². The molecule has 0 fully saturated rings. The molecule has 2 heteroatoms. The Bertz CT molecular complexity index is 191. The maximum atomic E-state index is 5.82. The second kappa shape index (κ2) is 2.46. The fourth-order valence-corrected chi connectivity index (χ4v) is 1.23. The Labute approximate surface area is 61.6 Å². The molecule has 0 radical (unpaired) electrons. The van der Waals surface area contributed by atoms with Gasteiger partial charge in [-0.05, 0) is 18.9 Å². The molecule has 4 N–H and O–H groups in total. The van der Waals surface area contributed by atoms with Gasteiger partial charge in [0.25, 0.3) is 0 Å². The minimum atomic E-state index is 0.160. The zero-order valence-electron chi connectivity index (χ0n) is 6.46. The monoisotopic (exact) mass is 138 g/mol. The summed E-state index contributed by atoms with van der Waals surface area (Å²) in [5.41, 5.74) is 13.4. The fraction of sp³-hybridized carbons (Fsp3) is 0.500. The molecule has 10 heavy (non-hydrogen) atoms. The van der Waals surface area contributed by atoms with Crippen LogP contribution in [-0.2, 0) is 0 Å². The Morgan fingerprint density at radius 3 is 2.60 bits per heavy atom. The molecule has 0 aromatic rings. The quantitative estimate of drug-likeness (QED) is 0.519. The molecular weight excluding hydrogens is 124 g/mol. The molecular formula is C8H14N2. The van der Waals surface area contributed by atoms with E-state index in [2.05, 4.69) is 6.92 Å². The second-order valence-electron chi connectivity index (χ2n) is 2.94. The summed E-state index contributed by atoms with van der Waals surface area (Å²) < 4.78 is 0. The van der Waals surface area contributed by atoms with Crippen molar-refractivity contribution in [2.45, 2.75) is 19.9 Å².